The highest BCUT2D eigenvalue weighted by molar-refractivity contribution is 5.22. The predicted octanol–water partition coefficient (Wildman–Crippen LogP) is 3.09. The van der Waals surface area contributed by atoms with E-state index in [2.05, 4.69) is 71.8 Å². The number of aromatic nitrogens is 2. The normalized spacial score (nSPS) is 16.1. The molecule has 106 valence electrons. The van der Waals surface area contributed by atoms with Crippen molar-refractivity contribution < 1.29 is 0 Å². The largest absolute Gasteiger partial charge is 0.329 e. The van der Waals surface area contributed by atoms with Crippen molar-refractivity contribution in [3.05, 3.63) is 53.6 Å². The van der Waals surface area contributed by atoms with Gasteiger partial charge >= 0.3 is 0 Å². The highest BCUT2D eigenvalue weighted by Gasteiger charge is 2.27. The zero-order valence-corrected chi connectivity index (χ0v) is 12.6. The maximum absolute atomic E-state index is 4.64. The first-order chi connectivity index (χ1) is 9.54. The Hall–Kier alpha value is -1.61. The minimum absolute atomic E-state index is 0.219. The van der Waals surface area contributed by atoms with Gasteiger partial charge in [0.15, 0.2) is 0 Å². The summed E-state index contributed by atoms with van der Waals surface area (Å²) in [5, 5.41) is 0. The van der Waals surface area contributed by atoms with E-state index in [9.17, 15) is 0 Å². The molecular weight excluding hydrogens is 246 g/mol. The molecule has 0 amide bonds. The molecule has 0 saturated heterocycles. The fourth-order valence-corrected chi connectivity index (χ4v) is 2.84. The zero-order valence-electron chi connectivity index (χ0n) is 12.6. The van der Waals surface area contributed by atoms with E-state index in [1.165, 1.54) is 17.1 Å². The van der Waals surface area contributed by atoms with Crippen molar-refractivity contribution in [3.8, 4) is 0 Å². The van der Waals surface area contributed by atoms with Crippen LogP contribution in [0.5, 0.6) is 0 Å². The van der Waals surface area contributed by atoms with Crippen molar-refractivity contribution in [3.63, 3.8) is 0 Å². The van der Waals surface area contributed by atoms with Crippen molar-refractivity contribution in [2.24, 2.45) is 0 Å². The first kappa shape index (κ1) is 13.4. The van der Waals surface area contributed by atoms with Crippen LogP contribution in [0.2, 0.25) is 0 Å². The maximum atomic E-state index is 4.64. The average molecular weight is 269 g/mol. The molecule has 1 aliphatic heterocycles. The van der Waals surface area contributed by atoms with Crippen LogP contribution in [-0.2, 0) is 19.5 Å². The van der Waals surface area contributed by atoms with Gasteiger partial charge in [-0.15, -0.1) is 0 Å². The lowest BCUT2D eigenvalue weighted by molar-refractivity contribution is 0.0996. The summed E-state index contributed by atoms with van der Waals surface area (Å²) in [7, 11) is 0. The Morgan fingerprint density at radius 2 is 1.85 bits per heavy atom. The summed E-state index contributed by atoms with van der Waals surface area (Å²) in [6.45, 7) is 9.94. The monoisotopic (exact) mass is 269 g/mol. The Balaban J connectivity index is 1.80. The molecule has 1 aromatic carbocycles. The summed E-state index contributed by atoms with van der Waals surface area (Å²) in [6, 6.07) is 10.6. The molecule has 20 heavy (non-hydrogen) atoms. The molecule has 0 saturated carbocycles. The Kier molecular flexibility index (Phi) is 3.38. The van der Waals surface area contributed by atoms with Crippen LogP contribution in [-0.4, -0.2) is 26.5 Å². The first-order valence-corrected chi connectivity index (χ1v) is 7.36. The Morgan fingerprint density at radius 3 is 2.55 bits per heavy atom. The molecule has 0 unspecified atom stereocenters. The minimum atomic E-state index is 0.219. The van der Waals surface area contributed by atoms with Gasteiger partial charge in [-0.1, -0.05) is 30.3 Å². The van der Waals surface area contributed by atoms with E-state index >= 15 is 0 Å². The van der Waals surface area contributed by atoms with Crippen LogP contribution in [0.25, 0.3) is 0 Å². The molecular formula is C17H23N3. The molecule has 3 rings (SSSR count). The van der Waals surface area contributed by atoms with Gasteiger partial charge in [0.25, 0.3) is 0 Å². The standard InChI is InChI=1S/C17H23N3/c1-17(2,3)19-9-10-20-15(12-18-16(20)13-19)11-14-7-5-4-6-8-14/h4-8,12H,9-11,13H2,1-3H3. The van der Waals surface area contributed by atoms with Gasteiger partial charge in [0.1, 0.15) is 5.82 Å². The van der Waals surface area contributed by atoms with Crippen LogP contribution in [0.1, 0.15) is 37.9 Å². The van der Waals surface area contributed by atoms with Gasteiger partial charge in [-0.2, -0.15) is 0 Å². The quantitative estimate of drug-likeness (QED) is 0.835. The van der Waals surface area contributed by atoms with Crippen LogP contribution in [0.3, 0.4) is 0 Å². The van der Waals surface area contributed by atoms with Gasteiger partial charge in [-0.25, -0.2) is 4.98 Å². The lowest BCUT2D eigenvalue weighted by atomic mass is 10.1. The highest BCUT2D eigenvalue weighted by Crippen LogP contribution is 2.22. The molecule has 0 radical (unpaired) electrons. The third-order valence-corrected chi connectivity index (χ3v) is 4.12. The molecule has 0 bridgehead atoms. The van der Waals surface area contributed by atoms with Gasteiger partial charge in [0.05, 0.1) is 6.54 Å². The van der Waals surface area contributed by atoms with Crippen molar-refractivity contribution in [1.82, 2.24) is 14.5 Å². The number of hydrogen-bond acceptors (Lipinski definition) is 2. The molecule has 3 heteroatoms. The average Bonchev–Trinajstić information content (AvgIpc) is 2.81. The zero-order chi connectivity index (χ0) is 14.2. The SMILES string of the molecule is CC(C)(C)N1CCn2c(Cc3ccccc3)cnc2C1. The fourth-order valence-electron chi connectivity index (χ4n) is 2.84. The molecule has 2 heterocycles. The molecule has 0 aliphatic carbocycles. The Morgan fingerprint density at radius 1 is 1.10 bits per heavy atom. The number of fused-ring (bicyclic) bond motifs is 1. The summed E-state index contributed by atoms with van der Waals surface area (Å²) in [5.41, 5.74) is 2.91. The topological polar surface area (TPSA) is 21.1 Å². The van der Waals surface area contributed by atoms with E-state index in [1.54, 1.807) is 0 Å². The van der Waals surface area contributed by atoms with E-state index in [0.29, 0.717) is 0 Å². The number of hydrogen-bond donors (Lipinski definition) is 0. The van der Waals surface area contributed by atoms with Crippen molar-refractivity contribution >= 4 is 0 Å². The van der Waals surface area contributed by atoms with Crippen LogP contribution in [0.15, 0.2) is 36.5 Å². The number of imidazole rings is 1. The van der Waals surface area contributed by atoms with Crippen molar-refractivity contribution in [2.75, 3.05) is 6.54 Å². The number of nitrogens with zero attached hydrogens (tertiary/aromatic N) is 3. The second kappa shape index (κ2) is 5.06. The molecule has 0 fully saturated rings. The third-order valence-electron chi connectivity index (χ3n) is 4.12. The lowest BCUT2D eigenvalue weighted by Gasteiger charge is -2.38. The minimum Gasteiger partial charge on any atom is -0.329 e. The van der Waals surface area contributed by atoms with Gasteiger partial charge in [-0.3, -0.25) is 4.90 Å². The molecule has 2 aromatic rings. The van der Waals surface area contributed by atoms with Crippen molar-refractivity contribution in [2.45, 2.75) is 45.8 Å². The van der Waals surface area contributed by atoms with E-state index in [0.717, 1.165) is 26.1 Å². The Bertz CT molecular complexity index is 578. The lowest BCUT2D eigenvalue weighted by Crippen LogP contribution is -2.46. The fraction of sp³-hybridized carbons (Fsp3) is 0.471. The van der Waals surface area contributed by atoms with E-state index in [-0.39, 0.29) is 5.54 Å². The summed E-state index contributed by atoms with van der Waals surface area (Å²) in [4.78, 5) is 7.14. The first-order valence-electron chi connectivity index (χ1n) is 7.36. The summed E-state index contributed by atoms with van der Waals surface area (Å²) >= 11 is 0. The molecule has 3 nitrogen and oxygen atoms in total. The number of benzene rings is 1. The van der Waals surface area contributed by atoms with E-state index in [1.807, 2.05) is 0 Å². The highest BCUT2D eigenvalue weighted by atomic mass is 15.3. The van der Waals surface area contributed by atoms with E-state index < -0.39 is 0 Å². The second-order valence-corrected chi connectivity index (χ2v) is 6.57. The van der Waals surface area contributed by atoms with Gasteiger partial charge < -0.3 is 4.57 Å². The van der Waals surface area contributed by atoms with Crippen LogP contribution in [0.4, 0.5) is 0 Å². The smallest absolute Gasteiger partial charge is 0.123 e. The molecule has 1 aromatic heterocycles. The van der Waals surface area contributed by atoms with Crippen LogP contribution in [0, 0.1) is 0 Å². The molecule has 0 N–H and O–H groups in total. The second-order valence-electron chi connectivity index (χ2n) is 6.57. The van der Waals surface area contributed by atoms with Crippen molar-refractivity contribution in [1.29, 1.82) is 0 Å². The molecule has 0 atom stereocenters. The van der Waals surface area contributed by atoms with Crippen LogP contribution >= 0.6 is 0 Å². The van der Waals surface area contributed by atoms with E-state index in [4.69, 9.17) is 0 Å². The van der Waals surface area contributed by atoms with Gasteiger partial charge in [0.2, 0.25) is 0 Å². The molecule has 0 spiro atoms. The summed E-state index contributed by atoms with van der Waals surface area (Å²) in [6.07, 6.45) is 3.03. The molecule has 1 aliphatic rings. The summed E-state index contributed by atoms with van der Waals surface area (Å²) < 4.78 is 2.40. The van der Waals surface area contributed by atoms with Crippen LogP contribution < -0.4 is 0 Å². The Labute approximate surface area is 121 Å². The maximum Gasteiger partial charge on any atom is 0.123 e. The third kappa shape index (κ3) is 2.63. The number of rotatable bonds is 2. The van der Waals surface area contributed by atoms with Gasteiger partial charge in [0, 0.05) is 36.9 Å². The van der Waals surface area contributed by atoms with Gasteiger partial charge in [-0.05, 0) is 26.3 Å². The summed E-state index contributed by atoms with van der Waals surface area (Å²) in [5.74, 6) is 1.21. The predicted molar refractivity (Wildman–Crippen MR) is 81.6 cm³/mol.